The van der Waals surface area contributed by atoms with Gasteiger partial charge in [-0.25, -0.2) is 0 Å². The zero-order valence-electron chi connectivity index (χ0n) is 10.3. The Morgan fingerprint density at radius 2 is 2.22 bits per heavy atom. The van der Waals surface area contributed by atoms with Gasteiger partial charge in [-0.2, -0.15) is 0 Å². The topological polar surface area (TPSA) is 18.5 Å². The minimum Gasteiger partial charge on any atom is -0.495 e. The van der Waals surface area contributed by atoms with Gasteiger partial charge in [-0.1, -0.05) is 11.6 Å². The van der Waals surface area contributed by atoms with E-state index in [9.17, 15) is 0 Å². The van der Waals surface area contributed by atoms with Gasteiger partial charge in [-0.05, 0) is 47.8 Å². The van der Waals surface area contributed by atoms with Crippen LogP contribution in [0.5, 0.6) is 5.75 Å². The third kappa shape index (κ3) is 2.64. The van der Waals surface area contributed by atoms with Gasteiger partial charge in [0.2, 0.25) is 0 Å². The molecule has 0 radical (unpaired) electrons. The second-order valence-electron chi connectivity index (χ2n) is 4.64. The largest absolute Gasteiger partial charge is 0.495 e. The Hall–Kier alpha value is 0.0400. The average Bonchev–Trinajstić information content (AvgIpc) is 2.75. The van der Waals surface area contributed by atoms with Crippen molar-refractivity contribution in [2.45, 2.75) is 30.7 Å². The van der Waals surface area contributed by atoms with Crippen LogP contribution in [0.25, 0.3) is 0 Å². The van der Waals surface area contributed by atoms with Crippen molar-refractivity contribution in [1.29, 1.82) is 0 Å². The summed E-state index contributed by atoms with van der Waals surface area (Å²) in [5, 5.41) is 0.342. The van der Waals surface area contributed by atoms with Crippen molar-refractivity contribution in [3.63, 3.8) is 0 Å². The summed E-state index contributed by atoms with van der Waals surface area (Å²) in [6.07, 6.45) is 1.97. The predicted molar refractivity (Wildman–Crippen MR) is 77.9 cm³/mol. The summed E-state index contributed by atoms with van der Waals surface area (Å²) >= 11 is 16.1. The van der Waals surface area contributed by atoms with Crippen LogP contribution < -0.4 is 4.74 Å². The molecule has 0 bridgehead atoms. The van der Waals surface area contributed by atoms with Crippen LogP contribution in [-0.4, -0.2) is 19.3 Å². The third-order valence-corrected chi connectivity index (χ3v) is 4.80. The third-order valence-electron chi connectivity index (χ3n) is 3.30. The Balaban J connectivity index is 2.43. The molecule has 2 atom stereocenters. The van der Waals surface area contributed by atoms with Crippen molar-refractivity contribution in [2.75, 3.05) is 13.7 Å². The monoisotopic (exact) mass is 352 g/mol. The maximum atomic E-state index is 6.60. The quantitative estimate of drug-likeness (QED) is 0.715. The minimum atomic E-state index is -0.362. The molecule has 2 rings (SSSR count). The molecule has 1 aromatic rings. The Morgan fingerprint density at radius 3 is 2.78 bits per heavy atom. The predicted octanol–water partition coefficient (Wildman–Crippen LogP) is 4.96. The second kappa shape index (κ2) is 5.58. The first-order chi connectivity index (χ1) is 8.48. The average molecular weight is 354 g/mol. The molecular formula is C13H15BrCl2O2. The van der Waals surface area contributed by atoms with Gasteiger partial charge in [-0.15, -0.1) is 11.6 Å². The van der Waals surface area contributed by atoms with Gasteiger partial charge in [-0.3, -0.25) is 0 Å². The summed E-state index contributed by atoms with van der Waals surface area (Å²) in [4.78, 5) is 0. The van der Waals surface area contributed by atoms with Crippen molar-refractivity contribution >= 4 is 39.1 Å². The normalized spacial score (nSPS) is 25.2. The summed E-state index contributed by atoms with van der Waals surface area (Å²) in [7, 11) is 1.62. The molecule has 1 fully saturated rings. The maximum Gasteiger partial charge on any atom is 0.137 e. The van der Waals surface area contributed by atoms with Crippen LogP contribution in [0.15, 0.2) is 16.6 Å². The lowest BCUT2D eigenvalue weighted by Gasteiger charge is -2.30. The first-order valence-corrected chi connectivity index (χ1v) is 7.39. The standard InChI is InChI=1S/C13H15BrCl2O2/c1-13(4-3-5-18-13)12(16)9-6-8(15)7-10(14)11(9)17-2/h6-7,12H,3-5H2,1-2H3. The number of rotatable bonds is 3. The molecule has 100 valence electrons. The lowest BCUT2D eigenvalue weighted by Crippen LogP contribution is -2.29. The smallest absolute Gasteiger partial charge is 0.137 e. The highest BCUT2D eigenvalue weighted by atomic mass is 79.9. The van der Waals surface area contributed by atoms with Crippen LogP contribution >= 0.6 is 39.1 Å². The molecule has 18 heavy (non-hydrogen) atoms. The van der Waals surface area contributed by atoms with E-state index in [1.807, 2.05) is 13.0 Å². The van der Waals surface area contributed by atoms with Crippen LogP contribution in [0.1, 0.15) is 30.7 Å². The number of hydrogen-bond donors (Lipinski definition) is 0. The molecule has 0 amide bonds. The Labute approximate surface area is 126 Å². The van der Waals surface area contributed by atoms with Gasteiger partial charge in [0.1, 0.15) is 5.75 Å². The van der Waals surface area contributed by atoms with E-state index in [-0.39, 0.29) is 11.0 Å². The molecular weight excluding hydrogens is 339 g/mol. The molecule has 1 heterocycles. The van der Waals surface area contributed by atoms with Crippen molar-refractivity contribution in [3.05, 3.63) is 27.2 Å². The molecule has 0 saturated carbocycles. The highest BCUT2D eigenvalue weighted by Gasteiger charge is 2.40. The van der Waals surface area contributed by atoms with Gasteiger partial charge in [0, 0.05) is 17.2 Å². The second-order valence-corrected chi connectivity index (χ2v) is 6.36. The molecule has 0 N–H and O–H groups in total. The number of ether oxygens (including phenoxy) is 2. The summed E-state index contributed by atoms with van der Waals surface area (Å²) in [5.74, 6) is 0.719. The molecule has 5 heteroatoms. The zero-order valence-corrected chi connectivity index (χ0v) is 13.4. The molecule has 2 unspecified atom stereocenters. The fraction of sp³-hybridized carbons (Fsp3) is 0.538. The van der Waals surface area contributed by atoms with Crippen LogP contribution in [0.3, 0.4) is 0 Å². The summed E-state index contributed by atoms with van der Waals surface area (Å²) < 4.78 is 12.0. The first-order valence-electron chi connectivity index (χ1n) is 5.79. The summed E-state index contributed by atoms with van der Waals surface area (Å²) in [5.41, 5.74) is 0.502. The molecule has 1 aliphatic rings. The lowest BCUT2D eigenvalue weighted by atomic mass is 9.92. The van der Waals surface area contributed by atoms with Gasteiger partial charge in [0.15, 0.2) is 0 Å². The van der Waals surface area contributed by atoms with E-state index in [1.165, 1.54) is 0 Å². The van der Waals surface area contributed by atoms with Crippen molar-refractivity contribution in [1.82, 2.24) is 0 Å². The van der Waals surface area contributed by atoms with E-state index in [1.54, 1.807) is 13.2 Å². The van der Waals surface area contributed by atoms with E-state index in [2.05, 4.69) is 15.9 Å². The van der Waals surface area contributed by atoms with E-state index >= 15 is 0 Å². The van der Waals surface area contributed by atoms with Gasteiger partial charge >= 0.3 is 0 Å². The lowest BCUT2D eigenvalue weighted by molar-refractivity contribution is 0.0159. The summed E-state index contributed by atoms with van der Waals surface area (Å²) in [6.45, 7) is 2.79. The van der Waals surface area contributed by atoms with Crippen LogP contribution in [0.2, 0.25) is 5.02 Å². The SMILES string of the molecule is COc1c(Br)cc(Cl)cc1C(Cl)C1(C)CCCO1. The Bertz CT molecular complexity index is 445. The van der Waals surface area contributed by atoms with Crippen molar-refractivity contribution < 1.29 is 9.47 Å². The highest BCUT2D eigenvalue weighted by Crippen LogP contribution is 2.47. The number of hydrogen-bond acceptors (Lipinski definition) is 2. The van der Waals surface area contributed by atoms with E-state index < -0.39 is 0 Å². The zero-order chi connectivity index (χ0) is 13.3. The Morgan fingerprint density at radius 1 is 1.50 bits per heavy atom. The molecule has 1 saturated heterocycles. The fourth-order valence-corrected chi connectivity index (χ4v) is 3.64. The molecule has 1 aromatic carbocycles. The summed E-state index contributed by atoms with van der Waals surface area (Å²) in [6, 6.07) is 3.64. The number of alkyl halides is 1. The van der Waals surface area contributed by atoms with E-state index in [0.29, 0.717) is 5.02 Å². The minimum absolute atomic E-state index is 0.287. The molecule has 0 aliphatic carbocycles. The van der Waals surface area contributed by atoms with Crippen LogP contribution in [0.4, 0.5) is 0 Å². The fourth-order valence-electron chi connectivity index (χ4n) is 2.31. The van der Waals surface area contributed by atoms with Gasteiger partial charge in [0.25, 0.3) is 0 Å². The molecule has 2 nitrogen and oxygen atoms in total. The first kappa shape index (κ1) is 14.4. The van der Waals surface area contributed by atoms with Gasteiger partial charge < -0.3 is 9.47 Å². The number of methoxy groups -OCH3 is 1. The molecule has 0 spiro atoms. The van der Waals surface area contributed by atoms with Crippen LogP contribution in [0, 0.1) is 0 Å². The molecule has 0 aromatic heterocycles. The number of halogens is 3. The number of benzene rings is 1. The van der Waals surface area contributed by atoms with E-state index in [4.69, 9.17) is 32.7 Å². The van der Waals surface area contributed by atoms with Crippen LogP contribution in [-0.2, 0) is 4.74 Å². The highest BCUT2D eigenvalue weighted by molar-refractivity contribution is 9.10. The van der Waals surface area contributed by atoms with E-state index in [0.717, 1.165) is 35.2 Å². The maximum absolute atomic E-state index is 6.60. The Kier molecular flexibility index (Phi) is 4.48. The molecule has 1 aliphatic heterocycles. The van der Waals surface area contributed by atoms with Crippen molar-refractivity contribution in [3.8, 4) is 5.75 Å². The van der Waals surface area contributed by atoms with Crippen molar-refractivity contribution in [2.24, 2.45) is 0 Å². The van der Waals surface area contributed by atoms with Gasteiger partial charge in [0.05, 0.1) is 22.6 Å².